The molecule has 110 valence electrons. The Hall–Kier alpha value is -1.82. The summed E-state index contributed by atoms with van der Waals surface area (Å²) in [5.74, 6) is -0.0666. The quantitative estimate of drug-likeness (QED) is 0.646. The van der Waals surface area contributed by atoms with E-state index in [-0.39, 0.29) is 22.2 Å². The van der Waals surface area contributed by atoms with Gasteiger partial charge in [0.05, 0.1) is 15.6 Å². The molecule has 20 heavy (non-hydrogen) atoms. The molecule has 0 fully saturated rings. The minimum Gasteiger partial charge on any atom is -0.383 e. The first-order valence-electron chi connectivity index (χ1n) is 6.18. The number of amides is 1. The summed E-state index contributed by atoms with van der Waals surface area (Å²) in [5, 5.41) is 16.7. The number of rotatable bonds is 5. The van der Waals surface area contributed by atoms with Crippen LogP contribution < -0.4 is 10.6 Å². The van der Waals surface area contributed by atoms with Crippen molar-refractivity contribution >= 4 is 28.9 Å². The lowest BCUT2D eigenvalue weighted by molar-refractivity contribution is -0.384. The standard InChI is InChI=1S/C13H18ClN3O3/c1-13(2,3)16-12(18)6-7-15-11-5-4-9(17(19)20)8-10(11)14/h4-5,8,15H,6-7H2,1-3H3,(H,16,18). The van der Waals surface area contributed by atoms with Crippen LogP contribution in [0.1, 0.15) is 27.2 Å². The van der Waals surface area contributed by atoms with Gasteiger partial charge in [-0.3, -0.25) is 14.9 Å². The topological polar surface area (TPSA) is 84.3 Å². The van der Waals surface area contributed by atoms with Crippen molar-refractivity contribution in [3.63, 3.8) is 0 Å². The fourth-order valence-electron chi connectivity index (χ4n) is 1.55. The number of carbonyl (C=O) groups excluding carboxylic acids is 1. The molecule has 0 bridgehead atoms. The average Bonchev–Trinajstić information content (AvgIpc) is 2.28. The number of carbonyl (C=O) groups is 1. The molecular weight excluding hydrogens is 282 g/mol. The lowest BCUT2D eigenvalue weighted by Gasteiger charge is -2.20. The molecule has 0 aliphatic carbocycles. The van der Waals surface area contributed by atoms with E-state index in [0.29, 0.717) is 18.7 Å². The molecule has 7 heteroatoms. The number of nitrogens with one attached hydrogen (secondary N) is 2. The molecule has 0 aliphatic rings. The van der Waals surface area contributed by atoms with E-state index >= 15 is 0 Å². The molecular formula is C13H18ClN3O3. The van der Waals surface area contributed by atoms with Crippen molar-refractivity contribution < 1.29 is 9.72 Å². The van der Waals surface area contributed by atoms with Crippen LogP contribution in [-0.4, -0.2) is 22.9 Å². The summed E-state index contributed by atoms with van der Waals surface area (Å²) in [6.45, 7) is 6.13. The normalized spacial score (nSPS) is 11.0. The number of hydrogen-bond donors (Lipinski definition) is 2. The van der Waals surface area contributed by atoms with Crippen LogP contribution in [-0.2, 0) is 4.79 Å². The smallest absolute Gasteiger partial charge is 0.271 e. The van der Waals surface area contributed by atoms with E-state index in [0.717, 1.165) is 0 Å². The van der Waals surface area contributed by atoms with Crippen LogP contribution in [0.4, 0.5) is 11.4 Å². The predicted octanol–water partition coefficient (Wildman–Crippen LogP) is 2.96. The van der Waals surface area contributed by atoms with Crippen molar-refractivity contribution in [2.45, 2.75) is 32.7 Å². The highest BCUT2D eigenvalue weighted by molar-refractivity contribution is 6.33. The zero-order valence-corrected chi connectivity index (χ0v) is 12.5. The van der Waals surface area contributed by atoms with Crippen LogP contribution in [0.25, 0.3) is 0 Å². The Morgan fingerprint density at radius 1 is 1.40 bits per heavy atom. The van der Waals surface area contributed by atoms with Gasteiger partial charge in [0.1, 0.15) is 0 Å². The SMILES string of the molecule is CC(C)(C)NC(=O)CCNc1ccc([N+](=O)[O-])cc1Cl. The van der Waals surface area contributed by atoms with Crippen LogP contribution in [0.5, 0.6) is 0 Å². The summed E-state index contributed by atoms with van der Waals surface area (Å²) in [4.78, 5) is 21.7. The van der Waals surface area contributed by atoms with E-state index in [9.17, 15) is 14.9 Å². The summed E-state index contributed by atoms with van der Waals surface area (Å²) in [6.07, 6.45) is 0.296. The molecule has 2 N–H and O–H groups in total. The minimum atomic E-state index is -0.508. The van der Waals surface area contributed by atoms with E-state index in [4.69, 9.17) is 11.6 Å². The average molecular weight is 300 g/mol. The van der Waals surface area contributed by atoms with Crippen molar-refractivity contribution in [3.05, 3.63) is 33.3 Å². The van der Waals surface area contributed by atoms with Gasteiger partial charge in [0.2, 0.25) is 5.91 Å². The molecule has 0 unspecified atom stereocenters. The number of nitrogens with zero attached hydrogens (tertiary/aromatic N) is 1. The number of hydrogen-bond acceptors (Lipinski definition) is 4. The van der Waals surface area contributed by atoms with Crippen LogP contribution in [0.3, 0.4) is 0 Å². The Balaban J connectivity index is 2.51. The van der Waals surface area contributed by atoms with Crippen molar-refractivity contribution in [3.8, 4) is 0 Å². The fraction of sp³-hybridized carbons (Fsp3) is 0.462. The Labute approximate surface area is 122 Å². The Morgan fingerprint density at radius 2 is 2.05 bits per heavy atom. The summed E-state index contributed by atoms with van der Waals surface area (Å²) in [5.41, 5.74) is 0.245. The van der Waals surface area contributed by atoms with Crippen LogP contribution >= 0.6 is 11.6 Å². The van der Waals surface area contributed by atoms with Crippen molar-refractivity contribution in [1.82, 2.24) is 5.32 Å². The molecule has 1 aromatic carbocycles. The maximum absolute atomic E-state index is 11.6. The van der Waals surface area contributed by atoms with Gasteiger partial charge in [-0.15, -0.1) is 0 Å². The van der Waals surface area contributed by atoms with Crippen LogP contribution in [0.2, 0.25) is 5.02 Å². The van der Waals surface area contributed by atoms with E-state index < -0.39 is 4.92 Å². The zero-order valence-electron chi connectivity index (χ0n) is 11.7. The number of halogens is 1. The maximum Gasteiger partial charge on any atom is 0.271 e. The van der Waals surface area contributed by atoms with Crippen LogP contribution in [0, 0.1) is 10.1 Å². The number of non-ortho nitro benzene ring substituents is 1. The van der Waals surface area contributed by atoms with Crippen molar-refractivity contribution in [2.75, 3.05) is 11.9 Å². The van der Waals surface area contributed by atoms with E-state index in [1.54, 1.807) is 0 Å². The lowest BCUT2D eigenvalue weighted by atomic mass is 10.1. The third-order valence-corrected chi connectivity index (χ3v) is 2.66. The summed E-state index contributed by atoms with van der Waals surface area (Å²) >= 11 is 5.93. The van der Waals surface area contributed by atoms with E-state index in [2.05, 4.69) is 10.6 Å². The highest BCUT2D eigenvalue weighted by Gasteiger charge is 2.13. The molecule has 0 saturated heterocycles. The first kappa shape index (κ1) is 16.2. The molecule has 6 nitrogen and oxygen atoms in total. The highest BCUT2D eigenvalue weighted by Crippen LogP contribution is 2.26. The third kappa shape index (κ3) is 5.44. The minimum absolute atomic E-state index is 0.0639. The van der Waals surface area contributed by atoms with E-state index in [1.807, 2.05) is 20.8 Å². The second-order valence-corrected chi connectivity index (χ2v) is 5.80. The molecule has 0 radical (unpaired) electrons. The second-order valence-electron chi connectivity index (χ2n) is 5.40. The van der Waals surface area contributed by atoms with Gasteiger partial charge in [-0.05, 0) is 26.8 Å². The lowest BCUT2D eigenvalue weighted by Crippen LogP contribution is -2.41. The van der Waals surface area contributed by atoms with Crippen LogP contribution in [0.15, 0.2) is 18.2 Å². The van der Waals surface area contributed by atoms with Gasteiger partial charge in [-0.1, -0.05) is 11.6 Å². The molecule has 1 aromatic rings. The third-order valence-electron chi connectivity index (χ3n) is 2.35. The molecule has 0 saturated carbocycles. The number of nitro groups is 1. The largest absolute Gasteiger partial charge is 0.383 e. The van der Waals surface area contributed by atoms with Gasteiger partial charge in [0, 0.05) is 30.6 Å². The first-order chi connectivity index (χ1) is 9.19. The van der Waals surface area contributed by atoms with Gasteiger partial charge in [0.15, 0.2) is 0 Å². The Morgan fingerprint density at radius 3 is 2.55 bits per heavy atom. The summed E-state index contributed by atoms with van der Waals surface area (Å²) in [6, 6.07) is 4.17. The van der Waals surface area contributed by atoms with Crippen molar-refractivity contribution in [1.29, 1.82) is 0 Å². The second kappa shape index (κ2) is 6.56. The Bertz CT molecular complexity index is 512. The molecule has 0 aliphatic heterocycles. The Kier molecular flexibility index (Phi) is 5.33. The highest BCUT2D eigenvalue weighted by atomic mass is 35.5. The molecule has 0 atom stereocenters. The van der Waals surface area contributed by atoms with Gasteiger partial charge in [-0.25, -0.2) is 0 Å². The molecule has 1 amide bonds. The molecule has 0 spiro atoms. The van der Waals surface area contributed by atoms with Gasteiger partial charge in [-0.2, -0.15) is 0 Å². The number of benzene rings is 1. The maximum atomic E-state index is 11.6. The van der Waals surface area contributed by atoms with Gasteiger partial charge in [0.25, 0.3) is 5.69 Å². The summed E-state index contributed by atoms with van der Waals surface area (Å²) in [7, 11) is 0. The molecule has 0 aromatic heterocycles. The van der Waals surface area contributed by atoms with E-state index in [1.165, 1.54) is 18.2 Å². The fourth-order valence-corrected chi connectivity index (χ4v) is 1.79. The predicted molar refractivity (Wildman–Crippen MR) is 79.1 cm³/mol. The summed E-state index contributed by atoms with van der Waals surface area (Å²) < 4.78 is 0. The molecule has 0 heterocycles. The zero-order chi connectivity index (χ0) is 15.3. The first-order valence-corrected chi connectivity index (χ1v) is 6.55. The number of nitro benzene ring substituents is 1. The number of anilines is 1. The molecule has 1 rings (SSSR count). The van der Waals surface area contributed by atoms with Crippen molar-refractivity contribution in [2.24, 2.45) is 0 Å². The monoisotopic (exact) mass is 299 g/mol. The van der Waals surface area contributed by atoms with Gasteiger partial charge >= 0.3 is 0 Å². The van der Waals surface area contributed by atoms with Gasteiger partial charge < -0.3 is 10.6 Å².